The minimum absolute atomic E-state index is 0.00220. The standard InChI is InChI=1S/C23H29NO5/c1-3-5-13-24(14-6-4-2)22(27)18-9-7-17(8-10-18)16-29-23(28)20-15-19(25)11-12-21(20)26/h7-12,15,25-26H,3-6,13-14,16H2,1-2H3. The fraction of sp³-hybridized carbons (Fsp3) is 0.391. The SMILES string of the molecule is CCCCN(CCCC)C(=O)c1ccc(COC(=O)c2cc(O)ccc2O)cc1. The van der Waals surface area contributed by atoms with Crippen molar-refractivity contribution in [1.29, 1.82) is 0 Å². The number of unbranched alkanes of at least 4 members (excludes halogenated alkanes) is 2. The zero-order valence-electron chi connectivity index (χ0n) is 17.1. The predicted octanol–water partition coefficient (Wildman–Crippen LogP) is 4.50. The number of aromatic hydroxyl groups is 2. The number of phenolic OH excluding ortho intramolecular Hbond substituents is 2. The van der Waals surface area contributed by atoms with Crippen molar-refractivity contribution in [2.75, 3.05) is 13.1 Å². The van der Waals surface area contributed by atoms with E-state index in [1.165, 1.54) is 12.1 Å². The van der Waals surface area contributed by atoms with Crippen LogP contribution in [-0.4, -0.2) is 40.1 Å². The molecule has 0 saturated carbocycles. The monoisotopic (exact) mass is 399 g/mol. The average Bonchev–Trinajstić information content (AvgIpc) is 2.73. The second kappa shape index (κ2) is 11.1. The Balaban J connectivity index is 1.98. The summed E-state index contributed by atoms with van der Waals surface area (Å²) in [5, 5.41) is 19.2. The summed E-state index contributed by atoms with van der Waals surface area (Å²) in [5.74, 6) is -1.11. The van der Waals surface area contributed by atoms with Crippen LogP contribution in [-0.2, 0) is 11.3 Å². The Morgan fingerprint density at radius 3 is 2.14 bits per heavy atom. The molecule has 0 saturated heterocycles. The molecular weight excluding hydrogens is 370 g/mol. The molecule has 0 aromatic heterocycles. The lowest BCUT2D eigenvalue weighted by Crippen LogP contribution is -2.32. The summed E-state index contributed by atoms with van der Waals surface area (Å²) in [6.45, 7) is 5.71. The van der Waals surface area contributed by atoms with E-state index in [4.69, 9.17) is 4.74 Å². The van der Waals surface area contributed by atoms with Gasteiger partial charge in [-0.3, -0.25) is 4.79 Å². The van der Waals surface area contributed by atoms with E-state index >= 15 is 0 Å². The molecule has 6 heteroatoms. The van der Waals surface area contributed by atoms with Gasteiger partial charge >= 0.3 is 5.97 Å². The molecule has 2 rings (SSSR count). The molecule has 0 aliphatic rings. The van der Waals surface area contributed by atoms with E-state index in [9.17, 15) is 19.8 Å². The summed E-state index contributed by atoms with van der Waals surface area (Å²) in [5.41, 5.74) is 1.24. The smallest absolute Gasteiger partial charge is 0.342 e. The second-order valence-corrected chi connectivity index (χ2v) is 6.97. The molecule has 0 atom stereocenters. The van der Waals surface area contributed by atoms with Crippen LogP contribution >= 0.6 is 0 Å². The van der Waals surface area contributed by atoms with Crippen molar-refractivity contribution in [1.82, 2.24) is 4.90 Å². The van der Waals surface area contributed by atoms with Gasteiger partial charge < -0.3 is 19.8 Å². The molecule has 0 heterocycles. The molecule has 0 unspecified atom stereocenters. The molecule has 0 bridgehead atoms. The van der Waals surface area contributed by atoms with Crippen molar-refractivity contribution >= 4 is 11.9 Å². The molecule has 2 N–H and O–H groups in total. The van der Waals surface area contributed by atoms with Gasteiger partial charge in [0, 0.05) is 18.7 Å². The quantitative estimate of drug-likeness (QED) is 0.454. The van der Waals surface area contributed by atoms with Gasteiger partial charge in [0.05, 0.1) is 0 Å². The highest BCUT2D eigenvalue weighted by Crippen LogP contribution is 2.23. The maximum absolute atomic E-state index is 12.8. The van der Waals surface area contributed by atoms with Crippen molar-refractivity contribution in [2.24, 2.45) is 0 Å². The lowest BCUT2D eigenvalue weighted by molar-refractivity contribution is 0.0468. The number of hydrogen-bond donors (Lipinski definition) is 2. The fourth-order valence-electron chi connectivity index (χ4n) is 2.85. The number of carbonyl (C=O) groups excluding carboxylic acids is 2. The van der Waals surface area contributed by atoms with Gasteiger partial charge in [-0.2, -0.15) is 0 Å². The highest BCUT2D eigenvalue weighted by molar-refractivity contribution is 5.94. The van der Waals surface area contributed by atoms with Crippen LogP contribution in [0.2, 0.25) is 0 Å². The van der Waals surface area contributed by atoms with Crippen LogP contribution in [0.25, 0.3) is 0 Å². The first-order valence-corrected chi connectivity index (χ1v) is 10.0. The van der Waals surface area contributed by atoms with E-state index in [0.29, 0.717) is 5.56 Å². The minimum atomic E-state index is -0.733. The molecule has 2 aromatic carbocycles. The molecular formula is C23H29NO5. The molecule has 6 nitrogen and oxygen atoms in total. The number of phenols is 2. The van der Waals surface area contributed by atoms with Gasteiger partial charge in [0.2, 0.25) is 0 Å². The summed E-state index contributed by atoms with van der Waals surface area (Å²) >= 11 is 0. The number of benzene rings is 2. The van der Waals surface area contributed by atoms with Crippen LogP contribution in [0.1, 0.15) is 65.8 Å². The van der Waals surface area contributed by atoms with E-state index in [-0.39, 0.29) is 29.6 Å². The van der Waals surface area contributed by atoms with E-state index < -0.39 is 5.97 Å². The van der Waals surface area contributed by atoms with E-state index in [1.807, 2.05) is 4.90 Å². The first-order valence-electron chi connectivity index (χ1n) is 10.0. The Kier molecular flexibility index (Phi) is 8.52. The molecule has 2 aromatic rings. The summed E-state index contributed by atoms with van der Waals surface area (Å²) < 4.78 is 5.20. The molecule has 0 aliphatic carbocycles. The Morgan fingerprint density at radius 1 is 0.931 bits per heavy atom. The zero-order chi connectivity index (χ0) is 21.2. The highest BCUT2D eigenvalue weighted by atomic mass is 16.5. The molecule has 1 amide bonds. The van der Waals surface area contributed by atoms with Gasteiger partial charge in [-0.15, -0.1) is 0 Å². The van der Waals surface area contributed by atoms with Gasteiger partial charge in [0.25, 0.3) is 5.91 Å². The average molecular weight is 399 g/mol. The first kappa shape index (κ1) is 22.3. The fourth-order valence-corrected chi connectivity index (χ4v) is 2.85. The Bertz CT molecular complexity index is 809. The predicted molar refractivity (Wildman–Crippen MR) is 111 cm³/mol. The van der Waals surface area contributed by atoms with Gasteiger partial charge in [0.15, 0.2) is 0 Å². The van der Waals surface area contributed by atoms with Gasteiger partial charge in [-0.05, 0) is 48.7 Å². The Morgan fingerprint density at radius 2 is 1.55 bits per heavy atom. The first-order chi connectivity index (χ1) is 14.0. The molecule has 156 valence electrons. The second-order valence-electron chi connectivity index (χ2n) is 6.97. The van der Waals surface area contributed by atoms with Crippen molar-refractivity contribution in [2.45, 2.75) is 46.1 Å². The third-order valence-corrected chi connectivity index (χ3v) is 4.62. The maximum atomic E-state index is 12.8. The normalized spacial score (nSPS) is 10.6. The maximum Gasteiger partial charge on any atom is 0.342 e. The van der Waals surface area contributed by atoms with Gasteiger partial charge in [-0.1, -0.05) is 38.8 Å². The van der Waals surface area contributed by atoms with E-state index in [1.54, 1.807) is 24.3 Å². The third kappa shape index (κ3) is 6.52. The number of amides is 1. The van der Waals surface area contributed by atoms with Crippen molar-refractivity contribution in [3.8, 4) is 11.5 Å². The summed E-state index contributed by atoms with van der Waals surface area (Å²) in [6, 6.07) is 10.6. The van der Waals surface area contributed by atoms with Crippen LogP contribution in [0, 0.1) is 0 Å². The Hall–Kier alpha value is -3.02. The van der Waals surface area contributed by atoms with E-state index in [2.05, 4.69) is 13.8 Å². The summed E-state index contributed by atoms with van der Waals surface area (Å²) in [7, 11) is 0. The molecule has 0 spiro atoms. The van der Waals surface area contributed by atoms with Crippen LogP contribution in [0.4, 0.5) is 0 Å². The van der Waals surface area contributed by atoms with Crippen LogP contribution < -0.4 is 0 Å². The minimum Gasteiger partial charge on any atom is -0.508 e. The summed E-state index contributed by atoms with van der Waals surface area (Å²) in [4.78, 5) is 26.8. The number of rotatable bonds is 10. The zero-order valence-corrected chi connectivity index (χ0v) is 17.1. The third-order valence-electron chi connectivity index (χ3n) is 4.62. The molecule has 0 aliphatic heterocycles. The number of carbonyl (C=O) groups is 2. The van der Waals surface area contributed by atoms with Gasteiger partial charge in [-0.25, -0.2) is 4.79 Å². The van der Waals surface area contributed by atoms with Gasteiger partial charge in [0.1, 0.15) is 23.7 Å². The van der Waals surface area contributed by atoms with Crippen LogP contribution in [0.15, 0.2) is 42.5 Å². The number of hydrogen-bond acceptors (Lipinski definition) is 5. The molecule has 0 fully saturated rings. The lowest BCUT2D eigenvalue weighted by Gasteiger charge is -2.22. The van der Waals surface area contributed by atoms with Crippen LogP contribution in [0.3, 0.4) is 0 Å². The van der Waals surface area contributed by atoms with Crippen molar-refractivity contribution in [3.63, 3.8) is 0 Å². The number of nitrogens with zero attached hydrogens (tertiary/aromatic N) is 1. The number of ether oxygens (including phenoxy) is 1. The van der Waals surface area contributed by atoms with E-state index in [0.717, 1.165) is 50.4 Å². The largest absolute Gasteiger partial charge is 0.508 e. The summed E-state index contributed by atoms with van der Waals surface area (Å²) in [6.07, 6.45) is 4.03. The highest BCUT2D eigenvalue weighted by Gasteiger charge is 2.16. The topological polar surface area (TPSA) is 87.1 Å². The van der Waals surface area contributed by atoms with Crippen molar-refractivity contribution in [3.05, 3.63) is 59.2 Å². The number of esters is 1. The molecule has 0 radical (unpaired) electrons. The van der Waals surface area contributed by atoms with Crippen LogP contribution in [0.5, 0.6) is 11.5 Å². The lowest BCUT2D eigenvalue weighted by atomic mass is 10.1. The Labute approximate surface area is 171 Å². The van der Waals surface area contributed by atoms with Crippen molar-refractivity contribution < 1.29 is 24.5 Å². The molecule has 29 heavy (non-hydrogen) atoms.